The first kappa shape index (κ1) is 26.7. The first-order chi connectivity index (χ1) is 18.0. The predicted molar refractivity (Wildman–Crippen MR) is 129 cm³/mol. The fourth-order valence-corrected chi connectivity index (χ4v) is 4.10. The molecule has 1 aliphatic rings. The lowest BCUT2D eigenvalue weighted by molar-refractivity contribution is -0.152. The molecule has 3 aromatic rings. The number of fused-ring (bicyclic) bond motifs is 1. The lowest BCUT2D eigenvalue weighted by atomic mass is 10.0. The zero-order valence-electron chi connectivity index (χ0n) is 19.9. The molecule has 38 heavy (non-hydrogen) atoms. The van der Waals surface area contributed by atoms with Crippen LogP contribution in [-0.4, -0.2) is 60.5 Å². The van der Waals surface area contributed by atoms with E-state index in [9.17, 15) is 32.3 Å². The van der Waals surface area contributed by atoms with Crippen LogP contribution in [0.2, 0.25) is 0 Å². The maximum Gasteiger partial charge on any atom is 0.417 e. The second kappa shape index (κ2) is 10.5. The molecule has 200 valence electrons. The largest absolute Gasteiger partial charge is 0.481 e. The molecule has 4 rings (SSSR count). The van der Waals surface area contributed by atoms with E-state index in [-0.39, 0.29) is 29.8 Å². The molecule has 0 aliphatic carbocycles. The molecule has 0 bridgehead atoms. The number of benzene rings is 2. The van der Waals surface area contributed by atoms with E-state index in [1.54, 1.807) is 0 Å². The molecular weight excluding hydrogens is 511 g/mol. The van der Waals surface area contributed by atoms with Crippen molar-refractivity contribution in [2.75, 3.05) is 25.1 Å². The van der Waals surface area contributed by atoms with E-state index in [2.05, 4.69) is 10.3 Å². The molecule has 1 aliphatic heterocycles. The van der Waals surface area contributed by atoms with Gasteiger partial charge in [0.25, 0.3) is 5.56 Å². The number of carbonyl (C=O) groups is 3. The molecule has 0 saturated carbocycles. The van der Waals surface area contributed by atoms with Gasteiger partial charge in [-0.3, -0.25) is 19.3 Å². The summed E-state index contributed by atoms with van der Waals surface area (Å²) in [6.45, 7) is -0.329. The Labute approximate surface area is 213 Å². The van der Waals surface area contributed by atoms with Crippen LogP contribution in [0.25, 0.3) is 22.0 Å². The number of carbonyl (C=O) groups excluding carboxylic acids is 2. The van der Waals surface area contributed by atoms with Gasteiger partial charge in [-0.2, -0.15) is 13.2 Å². The molecule has 10 nitrogen and oxygen atoms in total. The number of likely N-dealkylation sites (N-methyl/N-ethyl adjacent to an activating group) is 1. The van der Waals surface area contributed by atoms with E-state index in [1.165, 1.54) is 54.4 Å². The fraction of sp³-hybridized carbons (Fsp3) is 0.280. The minimum Gasteiger partial charge on any atom is -0.481 e. The van der Waals surface area contributed by atoms with Crippen molar-refractivity contribution in [3.8, 4) is 11.3 Å². The Balaban J connectivity index is 1.53. The minimum atomic E-state index is -4.61. The summed E-state index contributed by atoms with van der Waals surface area (Å²) in [6.07, 6.45) is -6.70. The van der Waals surface area contributed by atoms with Gasteiger partial charge in [-0.15, -0.1) is 0 Å². The Morgan fingerprint density at radius 1 is 1.21 bits per heavy atom. The van der Waals surface area contributed by atoms with Crippen LogP contribution < -0.4 is 15.8 Å². The third-order valence-electron chi connectivity index (χ3n) is 5.96. The van der Waals surface area contributed by atoms with Crippen molar-refractivity contribution >= 4 is 34.5 Å². The number of nitrogens with one attached hydrogen (secondary N) is 2. The maximum atomic E-state index is 13.5. The van der Waals surface area contributed by atoms with Crippen molar-refractivity contribution in [3.63, 3.8) is 0 Å². The summed E-state index contributed by atoms with van der Waals surface area (Å²) in [4.78, 5) is 51.9. The third kappa shape index (κ3) is 5.62. The number of nitrogens with zero attached hydrogens (tertiary/aromatic N) is 1. The standard InChI is InChI=1S/C25H22F3N3O7/c1-29-20(10-21(32)33)23(35)37-12-15-11-31(24(36)38-15)14-7-6-13-8-19(30-22(34)17(13)9-14)16-4-2-3-5-18(16)25(26,27)28/h2-9,15,20,29H,10-12H2,1H3,(H,30,34)(H,32,33)/t15-,20-/m0/s1. The van der Waals surface area contributed by atoms with Crippen LogP contribution in [0.15, 0.2) is 53.3 Å². The zero-order valence-corrected chi connectivity index (χ0v) is 19.9. The summed E-state index contributed by atoms with van der Waals surface area (Å²) in [5.41, 5.74) is -1.42. The van der Waals surface area contributed by atoms with Crippen LogP contribution in [0.4, 0.5) is 23.7 Å². The number of carboxylic acid groups (broad SMARTS) is 1. The fourth-order valence-electron chi connectivity index (χ4n) is 4.10. The summed E-state index contributed by atoms with van der Waals surface area (Å²) >= 11 is 0. The highest BCUT2D eigenvalue weighted by Crippen LogP contribution is 2.36. The second-order valence-corrected chi connectivity index (χ2v) is 8.51. The number of hydrogen-bond acceptors (Lipinski definition) is 7. The van der Waals surface area contributed by atoms with Crippen LogP contribution in [0.3, 0.4) is 0 Å². The molecule has 1 fully saturated rings. The number of anilines is 1. The molecule has 0 unspecified atom stereocenters. The van der Waals surface area contributed by atoms with Crippen LogP contribution in [0, 0.1) is 0 Å². The summed E-state index contributed by atoms with van der Waals surface area (Å²) in [7, 11) is 1.41. The number of carboxylic acids is 1. The highest BCUT2D eigenvalue weighted by atomic mass is 19.4. The summed E-state index contributed by atoms with van der Waals surface area (Å²) in [5.74, 6) is -2.01. The molecule has 2 atom stereocenters. The number of hydrogen-bond donors (Lipinski definition) is 3. The van der Waals surface area contributed by atoms with Crippen LogP contribution in [0.5, 0.6) is 0 Å². The van der Waals surface area contributed by atoms with Crippen molar-refractivity contribution in [2.45, 2.75) is 24.7 Å². The average Bonchev–Trinajstić information content (AvgIpc) is 3.25. The van der Waals surface area contributed by atoms with Crippen molar-refractivity contribution < 1.29 is 42.1 Å². The average molecular weight is 533 g/mol. The van der Waals surface area contributed by atoms with E-state index in [0.29, 0.717) is 11.1 Å². The molecule has 2 aromatic carbocycles. The number of cyclic esters (lactones) is 1. The van der Waals surface area contributed by atoms with Gasteiger partial charge in [0.15, 0.2) is 6.10 Å². The number of rotatable bonds is 8. The number of halogens is 3. The van der Waals surface area contributed by atoms with E-state index in [4.69, 9.17) is 14.6 Å². The van der Waals surface area contributed by atoms with Gasteiger partial charge >= 0.3 is 24.2 Å². The van der Waals surface area contributed by atoms with E-state index in [0.717, 1.165) is 6.07 Å². The number of aliphatic carboxylic acids is 1. The Hall–Kier alpha value is -4.39. The van der Waals surface area contributed by atoms with Crippen molar-refractivity contribution in [2.24, 2.45) is 0 Å². The molecule has 2 heterocycles. The van der Waals surface area contributed by atoms with Gasteiger partial charge in [-0.25, -0.2) is 4.79 Å². The lowest BCUT2D eigenvalue weighted by Gasteiger charge is -2.16. The Morgan fingerprint density at radius 2 is 1.95 bits per heavy atom. The smallest absolute Gasteiger partial charge is 0.417 e. The Kier molecular flexibility index (Phi) is 7.39. The molecule has 1 aromatic heterocycles. The van der Waals surface area contributed by atoms with Gasteiger partial charge in [0.1, 0.15) is 12.6 Å². The topological polar surface area (TPSA) is 138 Å². The number of pyridine rings is 1. The molecule has 13 heteroatoms. The zero-order chi connectivity index (χ0) is 27.6. The minimum absolute atomic E-state index is 0.00610. The maximum absolute atomic E-state index is 13.5. The molecule has 0 spiro atoms. The molecule has 1 saturated heterocycles. The van der Waals surface area contributed by atoms with Crippen molar-refractivity contribution in [1.29, 1.82) is 0 Å². The van der Waals surface area contributed by atoms with Crippen LogP contribution in [0.1, 0.15) is 12.0 Å². The molecular formula is C25H22F3N3O7. The number of amides is 1. The van der Waals surface area contributed by atoms with Crippen LogP contribution in [-0.2, 0) is 25.2 Å². The monoisotopic (exact) mass is 533 g/mol. The number of ether oxygens (including phenoxy) is 2. The first-order valence-corrected chi connectivity index (χ1v) is 11.4. The first-order valence-electron chi connectivity index (χ1n) is 11.4. The number of aromatic amines is 1. The van der Waals surface area contributed by atoms with E-state index in [1.807, 2.05) is 0 Å². The predicted octanol–water partition coefficient (Wildman–Crippen LogP) is 3.15. The van der Waals surface area contributed by atoms with Gasteiger partial charge in [0.2, 0.25) is 0 Å². The van der Waals surface area contributed by atoms with Crippen molar-refractivity contribution in [1.82, 2.24) is 10.3 Å². The summed E-state index contributed by atoms with van der Waals surface area (Å²) in [5, 5.41) is 11.9. The van der Waals surface area contributed by atoms with Gasteiger partial charge in [-0.05, 0) is 36.7 Å². The molecule has 3 N–H and O–H groups in total. The third-order valence-corrected chi connectivity index (χ3v) is 5.96. The molecule has 0 radical (unpaired) electrons. The number of H-pyrrole nitrogens is 1. The van der Waals surface area contributed by atoms with E-state index >= 15 is 0 Å². The SMILES string of the molecule is CN[C@@H](CC(=O)O)C(=O)OC[C@@H]1CN(c2ccc3cc(-c4ccccc4C(F)(F)F)[nH]c(=O)c3c2)C(=O)O1. The quantitative estimate of drug-likeness (QED) is 0.376. The lowest BCUT2D eigenvalue weighted by Crippen LogP contribution is -2.39. The Morgan fingerprint density at radius 3 is 2.63 bits per heavy atom. The van der Waals surface area contributed by atoms with Gasteiger partial charge in [-0.1, -0.05) is 24.3 Å². The number of esters is 1. The molecule has 1 amide bonds. The van der Waals surface area contributed by atoms with Gasteiger partial charge in [0, 0.05) is 22.3 Å². The number of alkyl halides is 3. The highest BCUT2D eigenvalue weighted by molar-refractivity contribution is 5.95. The van der Waals surface area contributed by atoms with Crippen molar-refractivity contribution in [3.05, 3.63) is 64.4 Å². The second-order valence-electron chi connectivity index (χ2n) is 8.51. The Bertz CT molecular complexity index is 1450. The number of aromatic nitrogens is 1. The van der Waals surface area contributed by atoms with Gasteiger partial charge in [0.05, 0.1) is 18.5 Å². The highest BCUT2D eigenvalue weighted by Gasteiger charge is 2.35. The van der Waals surface area contributed by atoms with Gasteiger partial charge < -0.3 is 24.9 Å². The van der Waals surface area contributed by atoms with Crippen LogP contribution >= 0.6 is 0 Å². The summed E-state index contributed by atoms with van der Waals surface area (Å²) < 4.78 is 50.7. The van der Waals surface area contributed by atoms with E-state index < -0.39 is 53.9 Å². The summed E-state index contributed by atoms with van der Waals surface area (Å²) in [6, 6.07) is 9.67. The normalized spacial score (nSPS) is 16.4.